The summed E-state index contributed by atoms with van der Waals surface area (Å²) in [6.45, 7) is 0. The van der Waals surface area contributed by atoms with Crippen LogP contribution in [0.5, 0.6) is 0 Å². The molecule has 2 heterocycles. The summed E-state index contributed by atoms with van der Waals surface area (Å²) >= 11 is 3.55. The largest absolute Gasteiger partial charge is 0.240 e. The van der Waals surface area contributed by atoms with Gasteiger partial charge in [-0.3, -0.25) is 0 Å². The minimum atomic E-state index is 1.04. The van der Waals surface area contributed by atoms with Crippen LogP contribution in [0.3, 0.4) is 0 Å². The van der Waals surface area contributed by atoms with Crippen molar-refractivity contribution in [2.24, 2.45) is 0 Å². The van der Waals surface area contributed by atoms with Crippen molar-refractivity contribution in [3.8, 4) is 43.4 Å². The van der Waals surface area contributed by atoms with E-state index in [1.807, 2.05) is 0 Å². The van der Waals surface area contributed by atoms with Gasteiger partial charge in [-0.15, -0.1) is 22.7 Å². The molecule has 0 atom stereocenters. The standard InChI is InChI=1S/C48H30N2S2/c1-2-10-38-37(9-1)45(33-21-17-31-27-35(23-19-29(31)25-33)47-49-41-13-5-7-15-43(41)51-47)39-11-3-4-12-40(39)46(38)34-22-18-32-28-36(24-20-30(32)26-34)48-50-42-14-6-8-16-44(42)52-48/h1-5,7-13,15-28H,6,14H2. The van der Waals surface area contributed by atoms with Crippen LogP contribution in [0.1, 0.15) is 17.0 Å². The van der Waals surface area contributed by atoms with Gasteiger partial charge in [-0.1, -0.05) is 115 Å². The van der Waals surface area contributed by atoms with Crippen LogP contribution < -0.4 is 0 Å². The van der Waals surface area contributed by atoms with Crippen molar-refractivity contribution in [1.82, 2.24) is 9.97 Å². The fraction of sp³-hybridized carbons (Fsp3) is 0.0417. The van der Waals surface area contributed by atoms with E-state index >= 15 is 0 Å². The summed E-state index contributed by atoms with van der Waals surface area (Å²) in [4.78, 5) is 11.2. The van der Waals surface area contributed by atoms with Crippen molar-refractivity contribution in [2.45, 2.75) is 12.8 Å². The number of aromatic nitrogens is 2. The molecule has 0 saturated heterocycles. The first-order valence-electron chi connectivity index (χ1n) is 17.8. The van der Waals surface area contributed by atoms with Gasteiger partial charge in [0.1, 0.15) is 10.0 Å². The SMILES string of the molecule is C1=Cc2sc(-c3ccc4cc(-c5c6ccccc6c(-c6ccc7cc(-c8nc9ccccc9s8)ccc7c6)c6ccccc56)ccc4c3)nc2CC1. The van der Waals surface area contributed by atoms with Crippen LogP contribution in [-0.2, 0) is 6.42 Å². The lowest BCUT2D eigenvalue weighted by Gasteiger charge is -2.18. The van der Waals surface area contributed by atoms with E-state index in [0.717, 1.165) is 33.9 Å². The Balaban J connectivity index is 1.03. The quantitative estimate of drug-likeness (QED) is 0.171. The van der Waals surface area contributed by atoms with Crippen molar-refractivity contribution in [1.29, 1.82) is 0 Å². The molecule has 0 unspecified atom stereocenters. The minimum absolute atomic E-state index is 1.04. The Morgan fingerprint density at radius 1 is 0.442 bits per heavy atom. The Morgan fingerprint density at radius 2 is 0.923 bits per heavy atom. The number of allylic oxidation sites excluding steroid dienone is 1. The average molecular weight is 699 g/mol. The number of nitrogens with zero attached hydrogens (tertiary/aromatic N) is 2. The molecule has 4 heteroatoms. The first-order valence-corrected chi connectivity index (χ1v) is 19.4. The number of para-hydroxylation sites is 1. The Labute approximate surface area is 309 Å². The van der Waals surface area contributed by atoms with E-state index < -0.39 is 0 Å². The van der Waals surface area contributed by atoms with E-state index in [4.69, 9.17) is 9.97 Å². The predicted octanol–water partition coefficient (Wildman–Crippen LogP) is 14.0. The fourth-order valence-corrected chi connectivity index (χ4v) is 10.0. The van der Waals surface area contributed by atoms with Gasteiger partial charge in [-0.25, -0.2) is 9.97 Å². The summed E-state index contributed by atoms with van der Waals surface area (Å²) in [6, 6.07) is 53.6. The van der Waals surface area contributed by atoms with Crippen LogP contribution in [0.2, 0.25) is 0 Å². The summed E-state index contributed by atoms with van der Waals surface area (Å²) in [6.07, 6.45) is 6.60. The first-order chi connectivity index (χ1) is 25.7. The normalized spacial score (nSPS) is 12.8. The highest BCUT2D eigenvalue weighted by Crippen LogP contribution is 2.45. The minimum Gasteiger partial charge on any atom is -0.240 e. The number of aryl methyl sites for hydroxylation is 1. The van der Waals surface area contributed by atoms with Gasteiger partial charge in [0.05, 0.1) is 20.8 Å². The molecule has 11 rings (SSSR count). The molecule has 1 aliphatic rings. The molecule has 0 radical (unpaired) electrons. The van der Waals surface area contributed by atoms with E-state index in [1.54, 1.807) is 22.7 Å². The van der Waals surface area contributed by atoms with Crippen LogP contribution in [0, 0.1) is 0 Å². The van der Waals surface area contributed by atoms with Crippen molar-refractivity contribution in [3.63, 3.8) is 0 Å². The second kappa shape index (κ2) is 11.8. The molecule has 1 aliphatic carbocycles. The van der Waals surface area contributed by atoms with E-state index in [-0.39, 0.29) is 0 Å². The smallest absolute Gasteiger partial charge is 0.124 e. The maximum absolute atomic E-state index is 5.00. The highest BCUT2D eigenvalue weighted by atomic mass is 32.1. The Hall–Kier alpha value is -5.94. The third-order valence-electron chi connectivity index (χ3n) is 10.5. The molecular weight excluding hydrogens is 669 g/mol. The van der Waals surface area contributed by atoms with Gasteiger partial charge in [-0.05, 0) is 121 Å². The molecule has 0 amide bonds. The van der Waals surface area contributed by atoms with Crippen molar-refractivity contribution in [3.05, 3.63) is 162 Å². The molecule has 52 heavy (non-hydrogen) atoms. The lowest BCUT2D eigenvalue weighted by Crippen LogP contribution is -1.91. The van der Waals surface area contributed by atoms with Crippen LogP contribution in [0.15, 0.2) is 152 Å². The highest BCUT2D eigenvalue weighted by molar-refractivity contribution is 7.21. The molecule has 0 spiro atoms. The second-order valence-corrected chi connectivity index (χ2v) is 15.7. The van der Waals surface area contributed by atoms with Crippen LogP contribution >= 0.6 is 22.7 Å². The molecule has 0 aliphatic heterocycles. The van der Waals surface area contributed by atoms with Crippen molar-refractivity contribution >= 4 is 82.1 Å². The molecule has 0 N–H and O–H groups in total. The Morgan fingerprint density at radius 3 is 1.46 bits per heavy atom. The zero-order valence-electron chi connectivity index (χ0n) is 28.1. The molecule has 10 aromatic rings. The third kappa shape index (κ3) is 4.83. The van der Waals surface area contributed by atoms with Gasteiger partial charge >= 0.3 is 0 Å². The Kier molecular flexibility index (Phi) is 6.76. The van der Waals surface area contributed by atoms with Crippen molar-refractivity contribution < 1.29 is 0 Å². The predicted molar refractivity (Wildman–Crippen MR) is 224 cm³/mol. The first kappa shape index (κ1) is 29.8. The van der Waals surface area contributed by atoms with E-state index in [1.165, 1.54) is 86.2 Å². The molecule has 0 bridgehead atoms. The summed E-state index contributed by atoms with van der Waals surface area (Å²) < 4.78 is 1.22. The van der Waals surface area contributed by atoms with Crippen molar-refractivity contribution in [2.75, 3.05) is 0 Å². The molecule has 244 valence electrons. The van der Waals surface area contributed by atoms with Gasteiger partial charge in [0.15, 0.2) is 0 Å². The number of benzene rings is 8. The summed E-state index contributed by atoms with van der Waals surface area (Å²) in [7, 11) is 0. The van der Waals surface area contributed by atoms with E-state index in [2.05, 4.69) is 158 Å². The molecule has 8 aromatic carbocycles. The molecule has 2 aromatic heterocycles. The fourth-order valence-electron chi connectivity index (χ4n) is 8.02. The lowest BCUT2D eigenvalue weighted by atomic mass is 9.85. The number of hydrogen-bond donors (Lipinski definition) is 0. The summed E-state index contributed by atoms with van der Waals surface area (Å²) in [5, 5.41) is 12.1. The average Bonchev–Trinajstić information content (AvgIpc) is 3.84. The molecular formula is C48H30N2S2. The Bertz CT molecular complexity index is 3000. The van der Waals surface area contributed by atoms with Gasteiger partial charge in [0.25, 0.3) is 0 Å². The van der Waals surface area contributed by atoms with Gasteiger partial charge < -0.3 is 0 Å². The summed E-state index contributed by atoms with van der Waals surface area (Å²) in [5.41, 5.74) is 9.66. The number of hydrogen-bond acceptors (Lipinski definition) is 4. The number of thiazole rings is 2. The van der Waals surface area contributed by atoms with E-state index in [0.29, 0.717) is 0 Å². The second-order valence-electron chi connectivity index (χ2n) is 13.7. The number of fused-ring (bicyclic) bond motifs is 6. The maximum Gasteiger partial charge on any atom is 0.124 e. The van der Waals surface area contributed by atoms with Gasteiger partial charge in [-0.2, -0.15) is 0 Å². The maximum atomic E-state index is 5.00. The third-order valence-corrected chi connectivity index (χ3v) is 12.7. The summed E-state index contributed by atoms with van der Waals surface area (Å²) in [5.74, 6) is 0. The van der Waals surface area contributed by atoms with Gasteiger partial charge in [0, 0.05) is 11.1 Å². The molecule has 2 nitrogen and oxygen atoms in total. The van der Waals surface area contributed by atoms with Crippen LogP contribution in [-0.4, -0.2) is 9.97 Å². The van der Waals surface area contributed by atoms with Gasteiger partial charge in [0.2, 0.25) is 0 Å². The number of rotatable bonds is 4. The molecule has 0 fully saturated rings. The lowest BCUT2D eigenvalue weighted by molar-refractivity contribution is 0.947. The zero-order chi connectivity index (χ0) is 34.2. The highest BCUT2D eigenvalue weighted by Gasteiger charge is 2.18. The zero-order valence-corrected chi connectivity index (χ0v) is 29.8. The monoisotopic (exact) mass is 698 g/mol. The van der Waals surface area contributed by atoms with Crippen LogP contribution in [0.25, 0.3) is 103 Å². The molecule has 0 saturated carbocycles. The van der Waals surface area contributed by atoms with Crippen LogP contribution in [0.4, 0.5) is 0 Å². The van der Waals surface area contributed by atoms with E-state index in [9.17, 15) is 0 Å². The topological polar surface area (TPSA) is 25.8 Å².